The van der Waals surface area contributed by atoms with Crippen molar-refractivity contribution >= 4 is 23.5 Å². The molecule has 3 aromatic rings. The topological polar surface area (TPSA) is 122 Å². The van der Waals surface area contributed by atoms with Gasteiger partial charge in [0.05, 0.1) is 25.0 Å². The number of amides is 3. The van der Waals surface area contributed by atoms with E-state index in [1.807, 2.05) is 19.9 Å². The summed E-state index contributed by atoms with van der Waals surface area (Å²) < 4.78 is 32.1. The van der Waals surface area contributed by atoms with Crippen molar-refractivity contribution in [2.45, 2.75) is 52.9 Å². The molecule has 0 aliphatic carbocycles. The zero-order valence-electron chi connectivity index (χ0n) is 29.3. The Balaban J connectivity index is 1.71. The minimum atomic E-state index is -0.696. The highest BCUT2D eigenvalue weighted by Gasteiger charge is 2.30. The molecule has 0 bridgehead atoms. The second-order valence-electron chi connectivity index (χ2n) is 12.4. The maximum atomic E-state index is 14.9. The van der Waals surface area contributed by atoms with Crippen LogP contribution < -0.4 is 20.1 Å². The maximum absolute atomic E-state index is 14.9. The molecule has 12 heteroatoms. The molecule has 1 aliphatic heterocycles. The fraction of sp³-hybridized carbons (Fsp3) is 0.405. The molecule has 0 unspecified atom stereocenters. The molecule has 4 rings (SSSR count). The van der Waals surface area contributed by atoms with E-state index in [4.69, 9.17) is 14.2 Å². The number of methoxy groups -OCH3 is 2. The number of carbonyl (C=O) groups excluding carboxylic acids is 3. The average molecular weight is 676 g/mol. The van der Waals surface area contributed by atoms with E-state index >= 15 is 0 Å². The lowest BCUT2D eigenvalue weighted by atomic mass is 10.0. The number of ether oxygens (including phenoxy) is 3. The number of piperazine rings is 1. The van der Waals surface area contributed by atoms with Crippen molar-refractivity contribution in [1.82, 2.24) is 20.1 Å². The van der Waals surface area contributed by atoms with Crippen LogP contribution >= 0.6 is 0 Å². The van der Waals surface area contributed by atoms with Gasteiger partial charge in [0.15, 0.2) is 0 Å². The Hall–Kier alpha value is -4.81. The van der Waals surface area contributed by atoms with E-state index in [0.29, 0.717) is 60.0 Å². The van der Waals surface area contributed by atoms with Crippen LogP contribution in [0.1, 0.15) is 62.9 Å². The number of nitrogens with zero attached hydrogens (tertiary/aromatic N) is 3. The van der Waals surface area contributed by atoms with E-state index in [1.54, 1.807) is 51.0 Å². The molecule has 2 aromatic carbocycles. The number of aryl methyl sites for hydroxylation is 3. The Bertz CT molecular complexity index is 1700. The lowest BCUT2D eigenvalue weighted by molar-refractivity contribution is -0.130. The van der Waals surface area contributed by atoms with Crippen LogP contribution in [0.15, 0.2) is 55.3 Å². The molecule has 1 saturated heterocycles. The van der Waals surface area contributed by atoms with E-state index in [9.17, 15) is 18.8 Å². The molecular formula is C37H46FN5O6. The van der Waals surface area contributed by atoms with Gasteiger partial charge in [-0.3, -0.25) is 19.3 Å². The van der Waals surface area contributed by atoms with Gasteiger partial charge in [0.2, 0.25) is 5.91 Å². The van der Waals surface area contributed by atoms with Crippen LogP contribution in [-0.4, -0.2) is 91.6 Å². The molecule has 3 amide bonds. The first-order chi connectivity index (χ1) is 23.3. The standard InChI is InChI=1S/C37H46FN5O6/c1-9-34(44)43-13-12-42(20-25(43)5)21-33(27-11-10-22(2)31(38)16-27)49-32-15-23(3)29(17-30(32)36(45)40-18-26(6)47-7)37(46)41-35-24(4)14-28(48-8)19-39-35/h9-11,14-17,19,25-26,33H,1,12-13,18,20-21H2,2-8H3,(H,40,45)(H,39,41,46)/t25-,26+,33-/m1/s1. The number of halogens is 1. The minimum absolute atomic E-state index is 0.0809. The monoisotopic (exact) mass is 675 g/mol. The van der Waals surface area contributed by atoms with E-state index in [-0.39, 0.29) is 47.3 Å². The number of carbonyl (C=O) groups is 3. The van der Waals surface area contributed by atoms with Crippen molar-refractivity contribution in [1.29, 1.82) is 0 Å². The van der Waals surface area contributed by atoms with Gasteiger partial charge in [-0.1, -0.05) is 18.7 Å². The highest BCUT2D eigenvalue weighted by molar-refractivity contribution is 6.07. The first-order valence-electron chi connectivity index (χ1n) is 16.2. The van der Waals surface area contributed by atoms with Gasteiger partial charge in [-0.05, 0) is 87.2 Å². The molecule has 2 heterocycles. The SMILES string of the molecule is C=CC(=O)N1CCN(C[C@@H](Oc2cc(C)c(C(=O)Nc3ncc(OC)cc3C)cc2C(=O)NC[C@H](C)OC)c2ccc(C)c(F)c2)C[C@H]1C. The summed E-state index contributed by atoms with van der Waals surface area (Å²) in [5.74, 6) is -0.282. The lowest BCUT2D eigenvalue weighted by Gasteiger charge is -2.40. The van der Waals surface area contributed by atoms with Crippen molar-refractivity contribution in [2.24, 2.45) is 0 Å². The summed E-state index contributed by atoms with van der Waals surface area (Å²) >= 11 is 0. The molecule has 49 heavy (non-hydrogen) atoms. The summed E-state index contributed by atoms with van der Waals surface area (Å²) in [4.78, 5) is 47.9. The largest absolute Gasteiger partial charge is 0.495 e. The van der Waals surface area contributed by atoms with Crippen molar-refractivity contribution in [2.75, 3.05) is 52.3 Å². The maximum Gasteiger partial charge on any atom is 0.257 e. The Morgan fingerprint density at radius 1 is 1.04 bits per heavy atom. The highest BCUT2D eigenvalue weighted by Crippen LogP contribution is 2.31. The van der Waals surface area contributed by atoms with Crippen molar-refractivity contribution in [3.05, 3.63) is 94.4 Å². The molecule has 2 N–H and O–H groups in total. The Labute approximate surface area is 287 Å². The Morgan fingerprint density at radius 2 is 1.80 bits per heavy atom. The van der Waals surface area contributed by atoms with E-state index in [0.717, 1.165) is 0 Å². The van der Waals surface area contributed by atoms with Crippen LogP contribution in [0, 0.1) is 26.6 Å². The van der Waals surface area contributed by atoms with Crippen molar-refractivity contribution in [3.8, 4) is 11.5 Å². The Morgan fingerprint density at radius 3 is 2.43 bits per heavy atom. The smallest absolute Gasteiger partial charge is 0.257 e. The number of anilines is 1. The summed E-state index contributed by atoms with van der Waals surface area (Å²) in [6.45, 7) is 14.8. The van der Waals surface area contributed by atoms with Crippen LogP contribution in [-0.2, 0) is 9.53 Å². The third-order valence-corrected chi connectivity index (χ3v) is 8.72. The van der Waals surface area contributed by atoms with Crippen LogP contribution in [0.4, 0.5) is 10.2 Å². The fourth-order valence-electron chi connectivity index (χ4n) is 5.63. The number of hydrogen-bond donors (Lipinski definition) is 2. The van der Waals surface area contributed by atoms with Crippen LogP contribution in [0.25, 0.3) is 0 Å². The van der Waals surface area contributed by atoms with E-state index in [1.165, 1.54) is 31.5 Å². The molecule has 0 spiro atoms. The molecule has 0 radical (unpaired) electrons. The predicted molar refractivity (Wildman–Crippen MR) is 186 cm³/mol. The van der Waals surface area contributed by atoms with Crippen LogP contribution in [0.2, 0.25) is 0 Å². The second kappa shape index (κ2) is 16.5. The highest BCUT2D eigenvalue weighted by atomic mass is 19.1. The third kappa shape index (κ3) is 9.21. The molecule has 1 aliphatic rings. The zero-order valence-corrected chi connectivity index (χ0v) is 29.3. The van der Waals surface area contributed by atoms with Gasteiger partial charge >= 0.3 is 0 Å². The number of benzene rings is 2. The summed E-state index contributed by atoms with van der Waals surface area (Å²) in [6.07, 6.45) is 1.86. The summed E-state index contributed by atoms with van der Waals surface area (Å²) in [5, 5.41) is 5.70. The van der Waals surface area contributed by atoms with Gasteiger partial charge in [-0.25, -0.2) is 9.37 Å². The number of nitrogens with one attached hydrogen (secondary N) is 2. The first kappa shape index (κ1) is 37.0. The molecule has 1 fully saturated rings. The molecule has 1 aromatic heterocycles. The molecule has 0 saturated carbocycles. The zero-order chi connectivity index (χ0) is 35.8. The number of pyridine rings is 1. The molecular weight excluding hydrogens is 629 g/mol. The van der Waals surface area contributed by atoms with Crippen LogP contribution in [0.3, 0.4) is 0 Å². The first-order valence-corrected chi connectivity index (χ1v) is 16.2. The van der Waals surface area contributed by atoms with E-state index in [2.05, 4.69) is 27.1 Å². The quantitative estimate of drug-likeness (QED) is 0.243. The van der Waals surface area contributed by atoms with Gasteiger partial charge in [0, 0.05) is 51.4 Å². The average Bonchev–Trinajstić information content (AvgIpc) is 3.08. The molecule has 3 atom stereocenters. The van der Waals surface area contributed by atoms with Gasteiger partial charge < -0.3 is 29.7 Å². The van der Waals surface area contributed by atoms with Gasteiger partial charge in [0.25, 0.3) is 11.8 Å². The normalized spacial score (nSPS) is 16.0. The van der Waals surface area contributed by atoms with Crippen molar-refractivity contribution < 1.29 is 33.0 Å². The number of hydrogen-bond acceptors (Lipinski definition) is 8. The number of aromatic nitrogens is 1. The summed E-state index contributed by atoms with van der Waals surface area (Å²) in [7, 11) is 3.09. The van der Waals surface area contributed by atoms with Gasteiger partial charge in [-0.15, -0.1) is 0 Å². The summed E-state index contributed by atoms with van der Waals surface area (Å²) in [5.41, 5.74) is 2.72. The van der Waals surface area contributed by atoms with Crippen molar-refractivity contribution in [3.63, 3.8) is 0 Å². The van der Waals surface area contributed by atoms with Crippen LogP contribution in [0.5, 0.6) is 11.5 Å². The summed E-state index contributed by atoms with van der Waals surface area (Å²) in [6, 6.07) is 9.77. The lowest BCUT2D eigenvalue weighted by Crippen LogP contribution is -2.54. The van der Waals surface area contributed by atoms with E-state index < -0.39 is 17.9 Å². The second-order valence-corrected chi connectivity index (χ2v) is 12.4. The Kier molecular flexibility index (Phi) is 12.5. The predicted octanol–water partition coefficient (Wildman–Crippen LogP) is 5.01. The molecule has 262 valence electrons. The third-order valence-electron chi connectivity index (χ3n) is 8.72. The van der Waals surface area contributed by atoms with Gasteiger partial charge in [0.1, 0.15) is 29.2 Å². The van der Waals surface area contributed by atoms with Gasteiger partial charge in [-0.2, -0.15) is 0 Å². The minimum Gasteiger partial charge on any atom is -0.495 e. The fourth-order valence-corrected chi connectivity index (χ4v) is 5.63. The molecule has 11 nitrogen and oxygen atoms in total. The number of rotatable bonds is 13.